The van der Waals surface area contributed by atoms with Crippen LogP contribution in [0.15, 0.2) is 35.2 Å². The molecule has 0 bridgehead atoms. The second-order valence-electron chi connectivity index (χ2n) is 10.6. The maximum absolute atomic E-state index is 14.0. The number of morpholine rings is 1. The molecule has 6 nitrogen and oxygen atoms in total. The number of benzene rings is 2. The molecule has 11 heteroatoms. The number of sulfone groups is 1. The summed E-state index contributed by atoms with van der Waals surface area (Å²) in [5.41, 5.74) is -0.352. The Labute approximate surface area is 232 Å². The summed E-state index contributed by atoms with van der Waals surface area (Å²) >= 11 is 6.37. The first-order valence-electron chi connectivity index (χ1n) is 13.3. The van der Waals surface area contributed by atoms with Crippen LogP contribution in [0.3, 0.4) is 0 Å². The third-order valence-corrected chi connectivity index (χ3v) is 10.9. The minimum Gasteiger partial charge on any atom is -0.379 e. The Bertz CT molecular complexity index is 1280. The highest BCUT2D eigenvalue weighted by atomic mass is 35.5. The molecule has 39 heavy (non-hydrogen) atoms. The van der Waals surface area contributed by atoms with Gasteiger partial charge in [-0.3, -0.25) is 9.69 Å². The van der Waals surface area contributed by atoms with Gasteiger partial charge >= 0.3 is 0 Å². The number of halogens is 4. The molecule has 4 atom stereocenters. The first-order valence-corrected chi connectivity index (χ1v) is 15.2. The van der Waals surface area contributed by atoms with Gasteiger partial charge in [-0.15, -0.1) is 0 Å². The fourth-order valence-corrected chi connectivity index (χ4v) is 8.73. The predicted octanol–water partition coefficient (Wildman–Crippen LogP) is 5.95. The first kappa shape index (κ1) is 29.8. The molecule has 1 amide bonds. The van der Waals surface area contributed by atoms with Gasteiger partial charge in [-0.05, 0) is 55.2 Å². The molecular weight excluding hydrogens is 553 g/mol. The summed E-state index contributed by atoms with van der Waals surface area (Å²) in [5, 5.41) is 1.65. The lowest BCUT2D eigenvalue weighted by Crippen LogP contribution is -2.40. The van der Waals surface area contributed by atoms with Crippen LogP contribution in [0.5, 0.6) is 0 Å². The molecular formula is C28H34ClF3N2O4S. The van der Waals surface area contributed by atoms with Gasteiger partial charge in [-0.25, -0.2) is 21.6 Å². The molecule has 214 valence electrons. The van der Waals surface area contributed by atoms with Crippen molar-refractivity contribution in [1.29, 1.82) is 0 Å². The molecule has 2 aromatic rings. The molecule has 0 spiro atoms. The lowest BCUT2D eigenvalue weighted by Gasteiger charge is -2.32. The number of hydrogen-bond donors (Lipinski definition) is 1. The molecule has 1 aliphatic heterocycles. The Kier molecular flexibility index (Phi) is 9.62. The fourth-order valence-electron chi connectivity index (χ4n) is 5.87. The van der Waals surface area contributed by atoms with Gasteiger partial charge in [-0.1, -0.05) is 31.9 Å². The molecule has 1 saturated carbocycles. The van der Waals surface area contributed by atoms with Crippen LogP contribution in [0.4, 0.5) is 18.9 Å². The van der Waals surface area contributed by atoms with Crippen LogP contribution in [-0.2, 0) is 14.6 Å². The third kappa shape index (κ3) is 6.78. The average Bonchev–Trinajstić information content (AvgIpc) is 3.27. The number of amides is 1. The largest absolute Gasteiger partial charge is 0.379 e. The molecule has 1 aliphatic carbocycles. The monoisotopic (exact) mass is 586 g/mol. The minimum absolute atomic E-state index is 0.00336. The minimum atomic E-state index is -3.92. The van der Waals surface area contributed by atoms with Crippen molar-refractivity contribution in [2.75, 3.05) is 38.2 Å². The molecule has 1 saturated heterocycles. The van der Waals surface area contributed by atoms with Crippen LogP contribution in [-0.4, -0.2) is 57.3 Å². The Morgan fingerprint density at radius 1 is 1.13 bits per heavy atom. The molecule has 0 aromatic heterocycles. The number of carbonyl (C=O) groups excluding carboxylic acids is 1. The summed E-state index contributed by atoms with van der Waals surface area (Å²) in [5.74, 6) is -5.14. The molecule has 2 aromatic carbocycles. The average molecular weight is 587 g/mol. The van der Waals surface area contributed by atoms with Crippen molar-refractivity contribution in [3.63, 3.8) is 0 Å². The topological polar surface area (TPSA) is 75.7 Å². The van der Waals surface area contributed by atoms with E-state index >= 15 is 0 Å². The van der Waals surface area contributed by atoms with Crippen LogP contribution in [0.25, 0.3) is 0 Å². The van der Waals surface area contributed by atoms with Crippen LogP contribution in [0.2, 0.25) is 5.02 Å². The van der Waals surface area contributed by atoms with Gasteiger partial charge < -0.3 is 10.1 Å². The normalized spacial score (nSPS) is 23.1. The SMILES string of the molecule is CC[C@H](C[C@@H]1CCC(C)C1S(=O)(=O)c1cc(C(=O)Nc2cc(F)c(F)c(F)c2)ccc1Cl)CN1CCOCC1. The highest BCUT2D eigenvalue weighted by Crippen LogP contribution is 2.43. The van der Waals surface area contributed by atoms with Crippen molar-refractivity contribution < 1.29 is 31.1 Å². The van der Waals surface area contributed by atoms with Gasteiger partial charge in [0.25, 0.3) is 5.91 Å². The van der Waals surface area contributed by atoms with Crippen molar-refractivity contribution in [2.45, 2.75) is 49.7 Å². The Morgan fingerprint density at radius 3 is 2.44 bits per heavy atom. The second kappa shape index (κ2) is 12.6. The van der Waals surface area contributed by atoms with E-state index in [0.717, 1.165) is 45.3 Å². The zero-order chi connectivity index (χ0) is 28.3. The summed E-state index contributed by atoms with van der Waals surface area (Å²) in [6.07, 6.45) is 3.30. The maximum Gasteiger partial charge on any atom is 0.255 e. The summed E-state index contributed by atoms with van der Waals surface area (Å²) in [6, 6.07) is 5.16. The summed E-state index contributed by atoms with van der Waals surface area (Å²) < 4.78 is 73.9. The number of carbonyl (C=O) groups is 1. The van der Waals surface area contributed by atoms with Crippen molar-refractivity contribution >= 4 is 33.0 Å². The molecule has 2 aliphatic rings. The zero-order valence-electron chi connectivity index (χ0n) is 22.1. The Morgan fingerprint density at radius 2 is 1.79 bits per heavy atom. The maximum atomic E-state index is 14.0. The van der Waals surface area contributed by atoms with Crippen molar-refractivity contribution in [3.05, 3.63) is 58.4 Å². The molecule has 4 rings (SSSR count). The molecule has 2 unspecified atom stereocenters. The van der Waals surface area contributed by atoms with E-state index < -0.39 is 38.4 Å². The van der Waals surface area contributed by atoms with Gasteiger partial charge in [0.1, 0.15) is 0 Å². The Balaban J connectivity index is 1.55. The smallest absolute Gasteiger partial charge is 0.255 e. The number of rotatable bonds is 9. The standard InChI is InChI=1S/C28H34ClF3N2O4S/c1-3-18(16-34-8-10-38-11-9-34)12-19-5-4-17(2)27(19)39(36,37)25-13-20(6-7-22(25)29)28(35)33-21-14-23(30)26(32)24(31)15-21/h6-7,13-15,17-19,27H,3-5,8-12,16H2,1-2H3,(H,33,35)/t17?,18-,19+,27?/m1/s1. The van der Waals surface area contributed by atoms with Gasteiger partial charge in [0.2, 0.25) is 0 Å². The van der Waals surface area contributed by atoms with E-state index in [2.05, 4.69) is 17.1 Å². The molecule has 1 heterocycles. The van der Waals surface area contributed by atoms with E-state index in [1.165, 1.54) is 18.2 Å². The predicted molar refractivity (Wildman–Crippen MR) is 144 cm³/mol. The summed E-state index contributed by atoms with van der Waals surface area (Å²) in [7, 11) is -3.92. The second-order valence-corrected chi connectivity index (χ2v) is 13.1. The van der Waals surface area contributed by atoms with Gasteiger partial charge in [0.15, 0.2) is 27.3 Å². The number of anilines is 1. The quantitative estimate of drug-likeness (QED) is 0.368. The van der Waals surface area contributed by atoms with Gasteiger partial charge in [0, 0.05) is 43.0 Å². The molecule has 1 N–H and O–H groups in total. The van der Waals surface area contributed by atoms with E-state index in [-0.39, 0.29) is 33.0 Å². The van der Waals surface area contributed by atoms with E-state index in [4.69, 9.17) is 16.3 Å². The summed E-state index contributed by atoms with van der Waals surface area (Å²) in [4.78, 5) is 15.1. The van der Waals surface area contributed by atoms with E-state index in [1.807, 2.05) is 6.92 Å². The third-order valence-electron chi connectivity index (χ3n) is 7.95. The van der Waals surface area contributed by atoms with Crippen molar-refractivity contribution in [3.8, 4) is 0 Å². The van der Waals surface area contributed by atoms with Crippen LogP contribution in [0, 0.1) is 35.2 Å². The number of ether oxygens (including phenoxy) is 1. The van der Waals surface area contributed by atoms with Gasteiger partial charge in [-0.2, -0.15) is 0 Å². The van der Waals surface area contributed by atoms with E-state index in [1.54, 1.807) is 0 Å². The van der Waals surface area contributed by atoms with E-state index in [9.17, 15) is 26.4 Å². The number of hydrogen-bond acceptors (Lipinski definition) is 5. The molecule has 2 fully saturated rings. The number of nitrogens with zero attached hydrogens (tertiary/aromatic N) is 1. The number of nitrogens with one attached hydrogen (secondary N) is 1. The van der Waals surface area contributed by atoms with Crippen molar-refractivity contribution in [1.82, 2.24) is 4.90 Å². The molecule has 0 radical (unpaired) electrons. The van der Waals surface area contributed by atoms with Crippen LogP contribution < -0.4 is 5.32 Å². The lowest BCUT2D eigenvalue weighted by atomic mass is 9.90. The van der Waals surface area contributed by atoms with Crippen LogP contribution >= 0.6 is 11.6 Å². The van der Waals surface area contributed by atoms with Crippen LogP contribution in [0.1, 0.15) is 49.9 Å². The lowest BCUT2D eigenvalue weighted by molar-refractivity contribution is 0.0285. The highest BCUT2D eigenvalue weighted by Gasteiger charge is 2.44. The summed E-state index contributed by atoms with van der Waals surface area (Å²) in [6.45, 7) is 8.14. The van der Waals surface area contributed by atoms with E-state index in [0.29, 0.717) is 31.3 Å². The Hall–Kier alpha value is -2.14. The first-order chi connectivity index (χ1) is 18.5. The fraction of sp³-hybridized carbons (Fsp3) is 0.536. The highest BCUT2D eigenvalue weighted by molar-refractivity contribution is 7.92. The van der Waals surface area contributed by atoms with Gasteiger partial charge in [0.05, 0.1) is 28.4 Å². The zero-order valence-corrected chi connectivity index (χ0v) is 23.6. The van der Waals surface area contributed by atoms with Crippen molar-refractivity contribution in [2.24, 2.45) is 17.8 Å².